The summed E-state index contributed by atoms with van der Waals surface area (Å²) in [4.78, 5) is 18.6. The zero-order valence-corrected chi connectivity index (χ0v) is 13.1. The van der Waals surface area contributed by atoms with Gasteiger partial charge in [-0.1, -0.05) is 20.8 Å². The summed E-state index contributed by atoms with van der Waals surface area (Å²) < 4.78 is 0.0654. The lowest BCUT2D eigenvalue weighted by Crippen LogP contribution is -2.37. The minimum Gasteiger partial charge on any atom is -0.394 e. The van der Waals surface area contributed by atoms with E-state index in [4.69, 9.17) is 0 Å². The van der Waals surface area contributed by atoms with Crippen molar-refractivity contribution in [2.24, 2.45) is 0 Å². The molecule has 1 amide bonds. The minimum atomic E-state index is -0.0330. The van der Waals surface area contributed by atoms with Crippen LogP contribution in [-0.2, 0) is 0 Å². The number of thioether (sulfide) groups is 1. The molecule has 0 unspecified atom stereocenters. The van der Waals surface area contributed by atoms with Crippen molar-refractivity contribution in [3.63, 3.8) is 0 Å². The van der Waals surface area contributed by atoms with Crippen molar-refractivity contribution >= 4 is 17.7 Å². The quantitative estimate of drug-likeness (QED) is 0.871. The maximum atomic E-state index is 12.5. The molecule has 0 saturated carbocycles. The van der Waals surface area contributed by atoms with Crippen molar-refractivity contribution in [1.29, 1.82) is 0 Å². The highest BCUT2D eigenvalue weighted by atomic mass is 32.2. The molecule has 0 bridgehead atoms. The van der Waals surface area contributed by atoms with Crippen molar-refractivity contribution in [2.75, 3.05) is 13.2 Å². The average Bonchev–Trinajstić information content (AvgIpc) is 2.84. The Hall–Kier alpha value is -1.07. The van der Waals surface area contributed by atoms with E-state index >= 15 is 0 Å². The maximum absolute atomic E-state index is 12.5. The smallest absolute Gasteiger partial charge is 0.254 e. The van der Waals surface area contributed by atoms with Crippen molar-refractivity contribution in [1.82, 2.24) is 9.88 Å². The minimum absolute atomic E-state index is 0.000269. The molecule has 20 heavy (non-hydrogen) atoms. The highest BCUT2D eigenvalue weighted by Gasteiger charge is 2.29. The molecule has 0 aromatic carbocycles. The number of rotatable bonds is 3. The summed E-state index contributed by atoms with van der Waals surface area (Å²) in [5.41, 5.74) is 0.659. The number of nitrogens with zero attached hydrogens (tertiary/aromatic N) is 2. The summed E-state index contributed by atoms with van der Waals surface area (Å²) in [6, 6.07) is 3.57. The molecule has 4 nitrogen and oxygen atoms in total. The second kappa shape index (κ2) is 6.14. The number of aromatic nitrogens is 1. The van der Waals surface area contributed by atoms with Crippen LogP contribution in [0.2, 0.25) is 0 Å². The van der Waals surface area contributed by atoms with Crippen LogP contribution >= 0.6 is 11.8 Å². The second-order valence-electron chi connectivity index (χ2n) is 6.07. The third kappa shape index (κ3) is 3.73. The Morgan fingerprint density at radius 2 is 2.30 bits per heavy atom. The Bertz CT molecular complexity index is 485. The van der Waals surface area contributed by atoms with Crippen LogP contribution in [0.4, 0.5) is 0 Å². The lowest BCUT2D eigenvalue weighted by atomic mass is 10.2. The first-order chi connectivity index (χ1) is 9.40. The van der Waals surface area contributed by atoms with Crippen LogP contribution in [0.25, 0.3) is 0 Å². The molecule has 0 spiro atoms. The SMILES string of the molecule is CC(C)(C)Sc1cc(C(=O)N2CCC[C@@H]2CO)ccn1. The molecule has 1 aliphatic rings. The van der Waals surface area contributed by atoms with Crippen LogP contribution in [0.5, 0.6) is 0 Å². The highest BCUT2D eigenvalue weighted by molar-refractivity contribution is 8.00. The van der Waals surface area contributed by atoms with Crippen LogP contribution in [0.3, 0.4) is 0 Å². The molecule has 1 atom stereocenters. The first kappa shape index (κ1) is 15.3. The van der Waals surface area contributed by atoms with Gasteiger partial charge in [0.1, 0.15) is 0 Å². The van der Waals surface area contributed by atoms with E-state index in [0.29, 0.717) is 5.56 Å². The van der Waals surface area contributed by atoms with Gasteiger partial charge in [0.15, 0.2) is 0 Å². The number of likely N-dealkylation sites (tertiary alicyclic amines) is 1. The van der Waals surface area contributed by atoms with E-state index in [9.17, 15) is 9.90 Å². The van der Waals surface area contributed by atoms with E-state index in [2.05, 4.69) is 25.8 Å². The standard InChI is InChI=1S/C15H22N2O2S/c1-15(2,3)20-13-9-11(6-7-16-13)14(19)17-8-4-5-12(17)10-18/h6-7,9,12,18H,4-5,8,10H2,1-3H3/t12-/m1/s1. The summed E-state index contributed by atoms with van der Waals surface area (Å²) in [5, 5.41) is 10.2. The van der Waals surface area contributed by atoms with Crippen molar-refractivity contribution < 1.29 is 9.90 Å². The zero-order chi connectivity index (χ0) is 14.8. The number of aliphatic hydroxyl groups excluding tert-OH is 1. The molecule has 2 heterocycles. The lowest BCUT2D eigenvalue weighted by Gasteiger charge is -2.23. The van der Waals surface area contributed by atoms with E-state index in [1.54, 1.807) is 28.9 Å². The first-order valence-corrected chi connectivity index (χ1v) is 7.79. The number of hydrogen-bond acceptors (Lipinski definition) is 4. The number of carbonyl (C=O) groups is 1. The predicted octanol–water partition coefficient (Wildman–Crippen LogP) is 2.57. The van der Waals surface area contributed by atoms with Crippen LogP contribution in [-0.4, -0.2) is 44.8 Å². The van der Waals surface area contributed by atoms with Gasteiger partial charge >= 0.3 is 0 Å². The lowest BCUT2D eigenvalue weighted by molar-refractivity contribution is 0.0677. The Labute approximate surface area is 124 Å². The molecule has 1 saturated heterocycles. The van der Waals surface area contributed by atoms with E-state index < -0.39 is 0 Å². The third-order valence-corrected chi connectivity index (χ3v) is 4.29. The molecular formula is C15H22N2O2S. The van der Waals surface area contributed by atoms with Gasteiger partial charge in [0.25, 0.3) is 5.91 Å². The van der Waals surface area contributed by atoms with Gasteiger partial charge in [-0.3, -0.25) is 4.79 Å². The number of amides is 1. The molecule has 1 aromatic heterocycles. The first-order valence-electron chi connectivity index (χ1n) is 6.97. The summed E-state index contributed by atoms with van der Waals surface area (Å²) in [5.74, 6) is -0.000269. The molecular weight excluding hydrogens is 272 g/mol. The largest absolute Gasteiger partial charge is 0.394 e. The monoisotopic (exact) mass is 294 g/mol. The number of aliphatic hydroxyl groups is 1. The van der Waals surface area contributed by atoms with E-state index in [1.165, 1.54) is 0 Å². The Kier molecular flexibility index (Phi) is 4.70. The predicted molar refractivity (Wildman–Crippen MR) is 81.0 cm³/mol. The third-order valence-electron chi connectivity index (χ3n) is 3.24. The van der Waals surface area contributed by atoms with E-state index in [-0.39, 0.29) is 23.3 Å². The van der Waals surface area contributed by atoms with Gasteiger partial charge in [-0.15, -0.1) is 11.8 Å². The molecule has 1 N–H and O–H groups in total. The van der Waals surface area contributed by atoms with Crippen LogP contribution in [0, 0.1) is 0 Å². The average molecular weight is 294 g/mol. The molecule has 1 aromatic rings. The molecule has 5 heteroatoms. The summed E-state index contributed by atoms with van der Waals surface area (Å²) in [6.07, 6.45) is 3.54. The van der Waals surface area contributed by atoms with Gasteiger partial charge in [-0.2, -0.15) is 0 Å². The van der Waals surface area contributed by atoms with Crippen molar-refractivity contribution in [3.8, 4) is 0 Å². The van der Waals surface area contributed by atoms with E-state index in [1.807, 2.05) is 6.07 Å². The fraction of sp³-hybridized carbons (Fsp3) is 0.600. The van der Waals surface area contributed by atoms with Gasteiger partial charge in [-0.25, -0.2) is 4.98 Å². The van der Waals surface area contributed by atoms with E-state index in [0.717, 1.165) is 24.4 Å². The maximum Gasteiger partial charge on any atom is 0.254 e. The van der Waals surface area contributed by atoms with Crippen LogP contribution < -0.4 is 0 Å². The van der Waals surface area contributed by atoms with Crippen molar-refractivity contribution in [3.05, 3.63) is 23.9 Å². The summed E-state index contributed by atoms with van der Waals surface area (Å²) in [7, 11) is 0. The zero-order valence-electron chi connectivity index (χ0n) is 12.3. The molecule has 0 radical (unpaired) electrons. The second-order valence-corrected chi connectivity index (χ2v) is 7.92. The summed E-state index contributed by atoms with van der Waals surface area (Å²) in [6.45, 7) is 7.14. The number of pyridine rings is 1. The fourth-order valence-corrected chi connectivity index (χ4v) is 3.30. The highest BCUT2D eigenvalue weighted by Crippen LogP contribution is 2.31. The molecule has 1 fully saturated rings. The van der Waals surface area contributed by atoms with Gasteiger partial charge in [-0.05, 0) is 25.0 Å². The van der Waals surface area contributed by atoms with Crippen molar-refractivity contribution in [2.45, 2.75) is 49.4 Å². The summed E-state index contributed by atoms with van der Waals surface area (Å²) >= 11 is 1.65. The Morgan fingerprint density at radius 3 is 2.95 bits per heavy atom. The number of hydrogen-bond donors (Lipinski definition) is 1. The van der Waals surface area contributed by atoms with Gasteiger partial charge in [0.05, 0.1) is 17.7 Å². The molecule has 0 aliphatic carbocycles. The van der Waals surface area contributed by atoms with Gasteiger partial charge < -0.3 is 10.0 Å². The Balaban J connectivity index is 2.16. The molecule has 110 valence electrons. The Morgan fingerprint density at radius 1 is 1.55 bits per heavy atom. The van der Waals surface area contributed by atoms with Gasteiger partial charge in [0, 0.05) is 23.1 Å². The normalized spacial score (nSPS) is 19.4. The number of carbonyl (C=O) groups excluding carboxylic acids is 1. The van der Waals surface area contributed by atoms with Crippen LogP contribution in [0.1, 0.15) is 44.0 Å². The molecule has 1 aliphatic heterocycles. The van der Waals surface area contributed by atoms with Gasteiger partial charge in [0.2, 0.25) is 0 Å². The fourth-order valence-electron chi connectivity index (χ4n) is 2.37. The van der Waals surface area contributed by atoms with Crippen LogP contribution in [0.15, 0.2) is 23.4 Å². The topological polar surface area (TPSA) is 53.4 Å². The molecule has 2 rings (SSSR count).